The van der Waals surface area contributed by atoms with E-state index in [4.69, 9.17) is 5.73 Å². The Bertz CT molecular complexity index is 321. The Morgan fingerprint density at radius 2 is 2.00 bits per heavy atom. The highest BCUT2D eigenvalue weighted by molar-refractivity contribution is 5.85. The van der Waals surface area contributed by atoms with Crippen LogP contribution in [0.5, 0.6) is 0 Å². The molecule has 1 saturated carbocycles. The summed E-state index contributed by atoms with van der Waals surface area (Å²) in [5, 5.41) is 0. The van der Waals surface area contributed by atoms with Gasteiger partial charge in [-0.3, -0.25) is 0 Å². The molecule has 0 aliphatic heterocycles. The van der Waals surface area contributed by atoms with Crippen LogP contribution in [0.3, 0.4) is 0 Å². The van der Waals surface area contributed by atoms with Crippen LogP contribution in [0.1, 0.15) is 29.9 Å². The van der Waals surface area contributed by atoms with Gasteiger partial charge in [0.15, 0.2) is 0 Å². The second-order valence-electron chi connectivity index (χ2n) is 3.50. The Balaban J connectivity index is 0.000000845. The molecular weight excluding hydrogens is 189 g/mol. The van der Waals surface area contributed by atoms with E-state index in [2.05, 4.69) is 0 Å². The van der Waals surface area contributed by atoms with Crippen LogP contribution in [0.15, 0.2) is 12.1 Å². The zero-order chi connectivity index (χ0) is 8.72. The Morgan fingerprint density at radius 1 is 1.38 bits per heavy atom. The molecule has 2 rings (SSSR count). The van der Waals surface area contributed by atoms with E-state index in [0.29, 0.717) is 11.6 Å². The number of anilines is 1. The predicted molar refractivity (Wildman–Crippen MR) is 54.8 cm³/mol. The molecule has 2 N–H and O–H groups in total. The van der Waals surface area contributed by atoms with Crippen molar-refractivity contribution in [2.24, 2.45) is 0 Å². The maximum atomic E-state index is 13.3. The smallest absolute Gasteiger partial charge is 0.127 e. The van der Waals surface area contributed by atoms with Gasteiger partial charge in [0.05, 0.1) is 0 Å². The number of nitrogen functional groups attached to an aromatic ring is 1. The Kier molecular flexibility index (Phi) is 2.81. The van der Waals surface area contributed by atoms with Crippen molar-refractivity contribution >= 4 is 18.1 Å². The second kappa shape index (κ2) is 3.54. The van der Waals surface area contributed by atoms with Crippen molar-refractivity contribution in [3.05, 3.63) is 29.1 Å². The number of halogens is 2. The lowest BCUT2D eigenvalue weighted by molar-refractivity contribution is 0.610. The molecule has 1 aliphatic rings. The van der Waals surface area contributed by atoms with Crippen LogP contribution in [-0.2, 0) is 0 Å². The summed E-state index contributed by atoms with van der Waals surface area (Å²) in [6.07, 6.45) is 2.22. The molecule has 1 fully saturated rings. The fraction of sp³-hybridized carbons (Fsp3) is 0.400. The number of nitrogens with two attached hydrogens (primary N) is 1. The Morgan fingerprint density at radius 3 is 2.54 bits per heavy atom. The van der Waals surface area contributed by atoms with Gasteiger partial charge in [0.25, 0.3) is 0 Å². The zero-order valence-corrected chi connectivity index (χ0v) is 8.33. The first-order chi connectivity index (χ1) is 5.68. The fourth-order valence-corrected chi connectivity index (χ4v) is 1.41. The summed E-state index contributed by atoms with van der Waals surface area (Å²) >= 11 is 0. The maximum Gasteiger partial charge on any atom is 0.127 e. The van der Waals surface area contributed by atoms with Crippen LogP contribution in [-0.4, -0.2) is 0 Å². The number of aryl methyl sites for hydroxylation is 1. The molecular formula is C10H13ClFN. The third-order valence-corrected chi connectivity index (χ3v) is 2.40. The van der Waals surface area contributed by atoms with Gasteiger partial charge in [-0.15, -0.1) is 12.4 Å². The molecule has 0 heterocycles. The lowest BCUT2D eigenvalue weighted by Crippen LogP contribution is -1.95. The predicted octanol–water partition coefficient (Wildman–Crippen LogP) is 3.02. The summed E-state index contributed by atoms with van der Waals surface area (Å²) in [6.45, 7) is 1.83. The number of hydrogen-bond donors (Lipinski definition) is 1. The van der Waals surface area contributed by atoms with E-state index in [-0.39, 0.29) is 18.2 Å². The monoisotopic (exact) mass is 201 g/mol. The van der Waals surface area contributed by atoms with Crippen molar-refractivity contribution in [1.29, 1.82) is 0 Å². The molecule has 0 bridgehead atoms. The summed E-state index contributed by atoms with van der Waals surface area (Å²) < 4.78 is 13.3. The lowest BCUT2D eigenvalue weighted by Gasteiger charge is -2.05. The first-order valence-corrected chi connectivity index (χ1v) is 4.24. The van der Waals surface area contributed by atoms with E-state index in [1.807, 2.05) is 6.92 Å². The van der Waals surface area contributed by atoms with E-state index < -0.39 is 0 Å². The zero-order valence-electron chi connectivity index (χ0n) is 7.51. The van der Waals surface area contributed by atoms with Crippen molar-refractivity contribution in [1.82, 2.24) is 0 Å². The number of hydrogen-bond acceptors (Lipinski definition) is 1. The third kappa shape index (κ3) is 1.94. The third-order valence-electron chi connectivity index (χ3n) is 2.40. The molecule has 0 spiro atoms. The van der Waals surface area contributed by atoms with Crippen LogP contribution < -0.4 is 5.73 Å². The highest BCUT2D eigenvalue weighted by atomic mass is 35.5. The number of benzene rings is 1. The number of rotatable bonds is 1. The van der Waals surface area contributed by atoms with Crippen LogP contribution in [0.2, 0.25) is 0 Å². The Labute approximate surface area is 83.5 Å². The van der Waals surface area contributed by atoms with Crippen LogP contribution in [0.4, 0.5) is 10.1 Å². The van der Waals surface area contributed by atoms with Gasteiger partial charge in [0, 0.05) is 5.69 Å². The highest BCUT2D eigenvalue weighted by Gasteiger charge is 2.26. The Hall–Kier alpha value is -0.760. The average Bonchev–Trinajstić information content (AvgIpc) is 2.79. The summed E-state index contributed by atoms with van der Waals surface area (Å²) in [6, 6.07) is 3.31. The first-order valence-electron chi connectivity index (χ1n) is 4.24. The normalized spacial score (nSPS) is 15.2. The van der Waals surface area contributed by atoms with Gasteiger partial charge >= 0.3 is 0 Å². The molecule has 1 nitrogen and oxygen atoms in total. The molecule has 1 aromatic carbocycles. The largest absolute Gasteiger partial charge is 0.399 e. The molecule has 1 aromatic rings. The molecule has 0 saturated heterocycles. The van der Waals surface area contributed by atoms with Gasteiger partial charge in [-0.05, 0) is 48.9 Å². The highest BCUT2D eigenvalue weighted by Crippen LogP contribution is 2.42. The molecule has 0 amide bonds. The minimum Gasteiger partial charge on any atom is -0.399 e. The molecule has 0 radical (unpaired) electrons. The second-order valence-corrected chi connectivity index (χ2v) is 3.50. The first kappa shape index (κ1) is 10.3. The molecule has 0 aromatic heterocycles. The van der Waals surface area contributed by atoms with Crippen molar-refractivity contribution in [2.45, 2.75) is 25.7 Å². The van der Waals surface area contributed by atoms with E-state index in [1.165, 1.54) is 6.07 Å². The van der Waals surface area contributed by atoms with Gasteiger partial charge in [0.2, 0.25) is 0 Å². The van der Waals surface area contributed by atoms with Gasteiger partial charge in [-0.2, -0.15) is 0 Å². The molecule has 0 atom stereocenters. The minimum absolute atomic E-state index is 0. The lowest BCUT2D eigenvalue weighted by atomic mass is 10.1. The molecule has 0 unspecified atom stereocenters. The van der Waals surface area contributed by atoms with Crippen LogP contribution in [0.25, 0.3) is 0 Å². The van der Waals surface area contributed by atoms with Crippen molar-refractivity contribution in [2.75, 3.05) is 5.73 Å². The SMILES string of the molecule is Cc1cc(F)c(C2CC2)cc1N.Cl. The quantitative estimate of drug-likeness (QED) is 0.695. The maximum absolute atomic E-state index is 13.3. The molecule has 1 aliphatic carbocycles. The van der Waals surface area contributed by atoms with Crippen LogP contribution >= 0.6 is 12.4 Å². The van der Waals surface area contributed by atoms with Gasteiger partial charge < -0.3 is 5.73 Å². The standard InChI is InChI=1S/C10H12FN.ClH/c1-6-4-9(11)8(5-10(6)12)7-2-3-7;/h4-5,7H,2-3,12H2,1H3;1H. The molecule has 13 heavy (non-hydrogen) atoms. The van der Waals surface area contributed by atoms with Gasteiger partial charge in [-0.1, -0.05) is 0 Å². The van der Waals surface area contributed by atoms with Gasteiger partial charge in [0.1, 0.15) is 5.82 Å². The van der Waals surface area contributed by atoms with Crippen LogP contribution in [0, 0.1) is 12.7 Å². The summed E-state index contributed by atoms with van der Waals surface area (Å²) in [5.41, 5.74) is 8.03. The summed E-state index contributed by atoms with van der Waals surface area (Å²) in [7, 11) is 0. The summed E-state index contributed by atoms with van der Waals surface area (Å²) in [5.74, 6) is 0.345. The summed E-state index contributed by atoms with van der Waals surface area (Å²) in [4.78, 5) is 0. The van der Waals surface area contributed by atoms with E-state index in [9.17, 15) is 4.39 Å². The van der Waals surface area contributed by atoms with Gasteiger partial charge in [-0.25, -0.2) is 4.39 Å². The topological polar surface area (TPSA) is 26.0 Å². The molecule has 3 heteroatoms. The van der Waals surface area contributed by atoms with E-state index in [1.54, 1.807) is 6.07 Å². The van der Waals surface area contributed by atoms with Crippen molar-refractivity contribution in [3.8, 4) is 0 Å². The average molecular weight is 202 g/mol. The van der Waals surface area contributed by atoms with Crippen molar-refractivity contribution < 1.29 is 4.39 Å². The van der Waals surface area contributed by atoms with E-state index in [0.717, 1.165) is 24.0 Å². The van der Waals surface area contributed by atoms with E-state index >= 15 is 0 Å². The van der Waals surface area contributed by atoms with Crippen molar-refractivity contribution in [3.63, 3.8) is 0 Å². The fourth-order valence-electron chi connectivity index (χ4n) is 1.41. The minimum atomic E-state index is -0.0933. The molecule has 72 valence electrons.